The zero-order valence-electron chi connectivity index (χ0n) is 9.49. The van der Waals surface area contributed by atoms with E-state index in [2.05, 4.69) is 28.8 Å². The number of aryl methyl sites for hydroxylation is 1. The maximum absolute atomic E-state index is 4.14. The van der Waals surface area contributed by atoms with Gasteiger partial charge < -0.3 is 4.98 Å². The molecular formula is C12H17N3. The van der Waals surface area contributed by atoms with Crippen molar-refractivity contribution in [1.29, 1.82) is 0 Å². The fourth-order valence-corrected chi connectivity index (χ4v) is 1.09. The molecule has 1 N–H and O–H groups in total. The van der Waals surface area contributed by atoms with Crippen LogP contribution >= 0.6 is 0 Å². The fourth-order valence-electron chi connectivity index (χ4n) is 1.09. The molecule has 0 aliphatic heterocycles. The molecule has 0 saturated carbocycles. The molecule has 2 aromatic rings. The summed E-state index contributed by atoms with van der Waals surface area (Å²) in [4.78, 5) is 11.3. The van der Waals surface area contributed by atoms with Crippen LogP contribution in [0.5, 0.6) is 0 Å². The van der Waals surface area contributed by atoms with Crippen LogP contribution in [0.4, 0.5) is 0 Å². The van der Waals surface area contributed by atoms with Crippen molar-refractivity contribution in [2.45, 2.75) is 27.2 Å². The zero-order chi connectivity index (χ0) is 11.1. The van der Waals surface area contributed by atoms with Crippen LogP contribution in [0, 0.1) is 6.92 Å². The highest BCUT2D eigenvalue weighted by atomic mass is 14.9. The molecule has 0 aliphatic carbocycles. The van der Waals surface area contributed by atoms with Gasteiger partial charge in [0, 0.05) is 11.9 Å². The summed E-state index contributed by atoms with van der Waals surface area (Å²) in [5, 5.41) is 0. The summed E-state index contributed by atoms with van der Waals surface area (Å²) < 4.78 is 0. The van der Waals surface area contributed by atoms with Crippen molar-refractivity contribution in [3.05, 3.63) is 36.4 Å². The lowest BCUT2D eigenvalue weighted by molar-refractivity contribution is 1.09. The molecular weight excluding hydrogens is 186 g/mol. The first kappa shape index (κ1) is 11.4. The Bertz CT molecular complexity index is 380. The molecule has 0 aromatic carbocycles. The first-order valence-electron chi connectivity index (χ1n) is 5.20. The van der Waals surface area contributed by atoms with E-state index >= 15 is 0 Å². The van der Waals surface area contributed by atoms with Gasteiger partial charge >= 0.3 is 0 Å². The monoisotopic (exact) mass is 203 g/mol. The predicted octanol–water partition coefficient (Wildman–Crippen LogP) is 3.20. The standard InChI is InChI=1S/C9H9N3.C3H8/c1-7-5-9(12-6-11-7)8-3-2-4-10-8;1-3-2/h2-6,10H,1H3;3H2,1-2H3. The summed E-state index contributed by atoms with van der Waals surface area (Å²) in [6.07, 6.45) is 4.71. The lowest BCUT2D eigenvalue weighted by Crippen LogP contribution is -1.87. The lowest BCUT2D eigenvalue weighted by Gasteiger charge is -1.96. The normalized spacial score (nSPS) is 9.27. The summed E-state index contributed by atoms with van der Waals surface area (Å²) in [7, 11) is 0. The molecule has 80 valence electrons. The van der Waals surface area contributed by atoms with E-state index in [1.165, 1.54) is 6.42 Å². The summed E-state index contributed by atoms with van der Waals surface area (Å²) in [5.74, 6) is 0. The van der Waals surface area contributed by atoms with Crippen molar-refractivity contribution in [3.63, 3.8) is 0 Å². The number of rotatable bonds is 1. The topological polar surface area (TPSA) is 41.6 Å². The molecule has 2 aromatic heterocycles. The van der Waals surface area contributed by atoms with Crippen molar-refractivity contribution in [3.8, 4) is 11.4 Å². The van der Waals surface area contributed by atoms with E-state index in [0.717, 1.165) is 17.1 Å². The quantitative estimate of drug-likeness (QED) is 0.773. The van der Waals surface area contributed by atoms with Gasteiger partial charge in [0.25, 0.3) is 0 Å². The second-order valence-electron chi connectivity index (χ2n) is 3.34. The second kappa shape index (κ2) is 5.96. The van der Waals surface area contributed by atoms with Crippen molar-refractivity contribution in [1.82, 2.24) is 15.0 Å². The fraction of sp³-hybridized carbons (Fsp3) is 0.333. The molecule has 0 amide bonds. The Morgan fingerprint density at radius 1 is 1.27 bits per heavy atom. The van der Waals surface area contributed by atoms with Crippen molar-refractivity contribution >= 4 is 0 Å². The lowest BCUT2D eigenvalue weighted by atomic mass is 10.3. The number of nitrogens with one attached hydrogen (secondary N) is 1. The highest BCUT2D eigenvalue weighted by Crippen LogP contribution is 2.12. The van der Waals surface area contributed by atoms with Crippen molar-refractivity contribution in [2.24, 2.45) is 0 Å². The van der Waals surface area contributed by atoms with Crippen LogP contribution < -0.4 is 0 Å². The number of hydrogen-bond acceptors (Lipinski definition) is 2. The Kier molecular flexibility index (Phi) is 4.54. The molecule has 0 atom stereocenters. The molecule has 0 radical (unpaired) electrons. The Morgan fingerprint density at radius 2 is 2.00 bits per heavy atom. The number of hydrogen-bond donors (Lipinski definition) is 1. The minimum atomic E-state index is 0.938. The number of aromatic nitrogens is 3. The van der Waals surface area contributed by atoms with Gasteiger partial charge in [0.2, 0.25) is 0 Å². The van der Waals surface area contributed by atoms with E-state index in [1.54, 1.807) is 6.33 Å². The van der Waals surface area contributed by atoms with E-state index in [9.17, 15) is 0 Å². The smallest absolute Gasteiger partial charge is 0.116 e. The minimum absolute atomic E-state index is 0.938. The van der Waals surface area contributed by atoms with E-state index in [1.807, 2.05) is 31.3 Å². The predicted molar refractivity (Wildman–Crippen MR) is 62.5 cm³/mol. The first-order valence-corrected chi connectivity index (χ1v) is 5.20. The first-order chi connectivity index (χ1) is 7.27. The molecule has 0 bridgehead atoms. The van der Waals surface area contributed by atoms with Crippen LogP contribution in [-0.4, -0.2) is 15.0 Å². The minimum Gasteiger partial charge on any atom is -0.360 e. The molecule has 0 unspecified atom stereocenters. The number of H-pyrrole nitrogens is 1. The zero-order valence-corrected chi connectivity index (χ0v) is 9.49. The molecule has 15 heavy (non-hydrogen) atoms. The molecule has 2 heterocycles. The molecule has 2 rings (SSSR count). The van der Waals surface area contributed by atoms with E-state index in [4.69, 9.17) is 0 Å². The average molecular weight is 203 g/mol. The second-order valence-corrected chi connectivity index (χ2v) is 3.34. The van der Waals surface area contributed by atoms with Crippen molar-refractivity contribution in [2.75, 3.05) is 0 Å². The highest BCUT2D eigenvalue weighted by molar-refractivity contribution is 5.53. The summed E-state index contributed by atoms with van der Waals surface area (Å²) in [6, 6.07) is 5.89. The summed E-state index contributed by atoms with van der Waals surface area (Å²) >= 11 is 0. The van der Waals surface area contributed by atoms with Gasteiger partial charge in [0.15, 0.2) is 0 Å². The largest absolute Gasteiger partial charge is 0.360 e. The SMILES string of the molecule is CCC.Cc1cc(-c2ccc[nH]2)ncn1. The Balaban J connectivity index is 0.000000337. The maximum atomic E-state index is 4.14. The molecule has 3 heteroatoms. The number of aromatic amines is 1. The molecule has 0 saturated heterocycles. The number of nitrogens with zero attached hydrogens (tertiary/aromatic N) is 2. The molecule has 0 fully saturated rings. The van der Waals surface area contributed by atoms with Crippen LogP contribution in [0.2, 0.25) is 0 Å². The highest BCUT2D eigenvalue weighted by Gasteiger charge is 1.98. The third kappa shape index (κ3) is 3.54. The van der Waals surface area contributed by atoms with Gasteiger partial charge in [-0.3, -0.25) is 0 Å². The Hall–Kier alpha value is -1.64. The Labute approximate surface area is 90.6 Å². The maximum Gasteiger partial charge on any atom is 0.116 e. The van der Waals surface area contributed by atoms with E-state index < -0.39 is 0 Å². The van der Waals surface area contributed by atoms with Crippen LogP contribution in [-0.2, 0) is 0 Å². The van der Waals surface area contributed by atoms with Gasteiger partial charge in [-0.15, -0.1) is 0 Å². The van der Waals surface area contributed by atoms with Crippen molar-refractivity contribution < 1.29 is 0 Å². The molecule has 0 spiro atoms. The van der Waals surface area contributed by atoms with E-state index in [0.29, 0.717) is 0 Å². The van der Waals surface area contributed by atoms with Gasteiger partial charge in [-0.25, -0.2) is 9.97 Å². The van der Waals surface area contributed by atoms with Gasteiger partial charge in [0.1, 0.15) is 6.33 Å². The van der Waals surface area contributed by atoms with Crippen LogP contribution in [0.15, 0.2) is 30.7 Å². The molecule has 0 aliphatic rings. The summed E-state index contributed by atoms with van der Waals surface area (Å²) in [6.45, 7) is 6.20. The third-order valence-electron chi connectivity index (χ3n) is 1.68. The van der Waals surface area contributed by atoms with Gasteiger partial charge in [-0.1, -0.05) is 20.3 Å². The third-order valence-corrected chi connectivity index (χ3v) is 1.68. The van der Waals surface area contributed by atoms with Crippen LogP contribution in [0.1, 0.15) is 26.0 Å². The summed E-state index contributed by atoms with van der Waals surface area (Å²) in [5.41, 5.74) is 2.95. The van der Waals surface area contributed by atoms with Gasteiger partial charge in [-0.2, -0.15) is 0 Å². The molecule has 3 nitrogen and oxygen atoms in total. The average Bonchev–Trinajstić information content (AvgIpc) is 2.71. The van der Waals surface area contributed by atoms with Crippen LogP contribution in [0.3, 0.4) is 0 Å². The van der Waals surface area contributed by atoms with Gasteiger partial charge in [-0.05, 0) is 25.1 Å². The Morgan fingerprint density at radius 3 is 2.53 bits per heavy atom. The van der Waals surface area contributed by atoms with Crippen LogP contribution in [0.25, 0.3) is 11.4 Å². The van der Waals surface area contributed by atoms with Gasteiger partial charge in [0.05, 0.1) is 11.4 Å². The van der Waals surface area contributed by atoms with E-state index in [-0.39, 0.29) is 0 Å².